The van der Waals surface area contributed by atoms with Crippen LogP contribution in [0.4, 0.5) is 5.82 Å². The van der Waals surface area contributed by atoms with Crippen molar-refractivity contribution < 1.29 is 9.53 Å². The summed E-state index contributed by atoms with van der Waals surface area (Å²) in [6.45, 7) is 3.01. The van der Waals surface area contributed by atoms with Gasteiger partial charge in [0.05, 0.1) is 24.0 Å². The minimum Gasteiger partial charge on any atom is -0.494 e. The molecular weight excluding hydrogens is 540 g/mol. The van der Waals surface area contributed by atoms with E-state index < -0.39 is 0 Å². The number of ether oxygens (including phenoxy) is 1. The number of nitrogens with zero attached hydrogens (tertiary/aromatic N) is 6. The zero-order chi connectivity index (χ0) is 29.5. The third-order valence-corrected chi connectivity index (χ3v) is 8.80. The average Bonchev–Trinajstić information content (AvgIpc) is 3.56. The number of piperidine rings is 1. The third-order valence-electron chi connectivity index (χ3n) is 8.80. The van der Waals surface area contributed by atoms with E-state index in [0.717, 1.165) is 102 Å². The molecule has 2 aliphatic heterocycles. The van der Waals surface area contributed by atoms with Gasteiger partial charge < -0.3 is 29.8 Å². The Morgan fingerprint density at radius 1 is 1.05 bits per heavy atom. The van der Waals surface area contributed by atoms with E-state index in [1.54, 1.807) is 7.11 Å². The van der Waals surface area contributed by atoms with Crippen molar-refractivity contribution in [1.29, 1.82) is 0 Å². The molecule has 0 unspecified atom stereocenters. The number of benzene rings is 1. The van der Waals surface area contributed by atoms with Crippen LogP contribution in [0.25, 0.3) is 44.8 Å². The van der Waals surface area contributed by atoms with Crippen LogP contribution >= 0.6 is 0 Å². The van der Waals surface area contributed by atoms with E-state index in [0.29, 0.717) is 24.4 Å². The van der Waals surface area contributed by atoms with Gasteiger partial charge in [0.2, 0.25) is 0 Å². The van der Waals surface area contributed by atoms with E-state index in [-0.39, 0.29) is 11.9 Å². The summed E-state index contributed by atoms with van der Waals surface area (Å²) in [4.78, 5) is 30.3. The summed E-state index contributed by atoms with van der Waals surface area (Å²) >= 11 is 0. The van der Waals surface area contributed by atoms with Crippen molar-refractivity contribution in [2.24, 2.45) is 12.8 Å². The van der Waals surface area contributed by atoms with Crippen LogP contribution in [0.15, 0.2) is 48.7 Å². The van der Waals surface area contributed by atoms with Crippen molar-refractivity contribution in [2.75, 3.05) is 32.1 Å². The van der Waals surface area contributed by atoms with Crippen molar-refractivity contribution in [3.8, 4) is 28.5 Å². The Bertz CT molecular complexity index is 1820. The topological polar surface area (TPSA) is 116 Å². The molecule has 10 heteroatoms. The number of hydrogen-bond donors (Lipinski definition) is 2. The molecule has 1 atom stereocenters. The molecule has 2 bridgehead atoms. The molecule has 4 aromatic heterocycles. The molecule has 3 N–H and O–H groups in total. The lowest BCUT2D eigenvalue weighted by molar-refractivity contribution is 0.0708. The number of carbonyl (C=O) groups is 1. The first-order valence-corrected chi connectivity index (χ1v) is 15.3. The number of methoxy groups -OCH3 is 1. The Hall–Kier alpha value is -4.44. The summed E-state index contributed by atoms with van der Waals surface area (Å²) in [5, 5.41) is 4.58. The van der Waals surface area contributed by atoms with Gasteiger partial charge >= 0.3 is 0 Å². The summed E-state index contributed by atoms with van der Waals surface area (Å²) < 4.78 is 10.2. The SMILES string of the molecule is COc1cc(C(=O)N2CCC[C@@H](N)C2)cc2nc(-c3cc4ccc5nc4n3CCCCCCNc3ncccc3-5)n(C)c12. The van der Waals surface area contributed by atoms with Gasteiger partial charge in [-0.15, -0.1) is 0 Å². The summed E-state index contributed by atoms with van der Waals surface area (Å²) in [7, 11) is 3.65. The number of hydrogen-bond acceptors (Lipinski definition) is 7. The van der Waals surface area contributed by atoms with Crippen LogP contribution < -0.4 is 15.8 Å². The van der Waals surface area contributed by atoms with Crippen LogP contribution in [0.1, 0.15) is 48.9 Å². The molecule has 0 aliphatic carbocycles. The molecule has 1 aromatic carbocycles. The number of aromatic nitrogens is 5. The summed E-state index contributed by atoms with van der Waals surface area (Å²) in [6.07, 6.45) is 8.07. The van der Waals surface area contributed by atoms with Gasteiger partial charge in [-0.2, -0.15) is 0 Å². The van der Waals surface area contributed by atoms with E-state index in [1.807, 2.05) is 36.3 Å². The average molecular weight is 579 g/mol. The second-order valence-corrected chi connectivity index (χ2v) is 11.7. The molecule has 1 fully saturated rings. The Balaban J connectivity index is 1.36. The molecule has 5 aromatic rings. The maximum absolute atomic E-state index is 13.5. The van der Waals surface area contributed by atoms with Crippen molar-refractivity contribution >= 4 is 33.8 Å². The van der Waals surface area contributed by atoms with E-state index in [2.05, 4.69) is 43.7 Å². The van der Waals surface area contributed by atoms with Crippen molar-refractivity contribution in [2.45, 2.75) is 51.1 Å². The van der Waals surface area contributed by atoms with Gasteiger partial charge in [0.25, 0.3) is 5.91 Å². The number of imidazole rings is 1. The van der Waals surface area contributed by atoms with Crippen molar-refractivity contribution in [3.05, 3.63) is 54.2 Å². The molecule has 7 rings (SSSR count). The number of anilines is 1. The fourth-order valence-corrected chi connectivity index (χ4v) is 6.59. The number of nitrogens with two attached hydrogens (primary N) is 1. The number of amides is 1. The first-order valence-electron chi connectivity index (χ1n) is 15.3. The second-order valence-electron chi connectivity index (χ2n) is 11.7. The lowest BCUT2D eigenvalue weighted by atomic mass is 10.0. The number of pyridine rings is 2. The monoisotopic (exact) mass is 578 g/mol. The first-order chi connectivity index (χ1) is 21.0. The highest BCUT2D eigenvalue weighted by Gasteiger charge is 2.26. The summed E-state index contributed by atoms with van der Waals surface area (Å²) in [5.41, 5.74) is 12.1. The molecule has 1 saturated heterocycles. The van der Waals surface area contributed by atoms with E-state index >= 15 is 0 Å². The highest BCUT2D eigenvalue weighted by atomic mass is 16.5. The number of rotatable bonds is 3. The largest absolute Gasteiger partial charge is 0.494 e. The van der Waals surface area contributed by atoms with Crippen LogP contribution in [-0.2, 0) is 13.6 Å². The lowest BCUT2D eigenvalue weighted by Crippen LogP contribution is -2.45. The van der Waals surface area contributed by atoms with E-state index in [4.69, 9.17) is 20.4 Å². The molecular formula is C33H38N8O2. The highest BCUT2D eigenvalue weighted by Crippen LogP contribution is 2.36. The highest BCUT2D eigenvalue weighted by molar-refractivity contribution is 6.00. The molecule has 0 saturated carbocycles. The summed E-state index contributed by atoms with van der Waals surface area (Å²) in [5.74, 6) is 2.27. The van der Waals surface area contributed by atoms with Crippen LogP contribution in [0.2, 0.25) is 0 Å². The Kier molecular flexibility index (Phi) is 7.22. The van der Waals surface area contributed by atoms with Gasteiger partial charge in [-0.25, -0.2) is 15.0 Å². The molecule has 0 spiro atoms. The van der Waals surface area contributed by atoms with Crippen molar-refractivity contribution in [3.63, 3.8) is 0 Å². The lowest BCUT2D eigenvalue weighted by Gasteiger charge is -2.30. The zero-order valence-electron chi connectivity index (χ0n) is 24.8. The maximum atomic E-state index is 13.5. The second kappa shape index (κ2) is 11.3. The van der Waals surface area contributed by atoms with Crippen LogP contribution in [0.5, 0.6) is 5.75 Å². The Morgan fingerprint density at radius 3 is 2.79 bits per heavy atom. The van der Waals surface area contributed by atoms with Gasteiger partial charge in [-0.05, 0) is 68.1 Å². The minimum absolute atomic E-state index is 0.0141. The standard InChI is InChI=1S/C33H38N8O2/c1-39-29-26(17-22(19-28(29)43-2)33(42)40-15-8-9-23(34)20-40)38-32(39)27-18-21-11-12-25-24-10-7-14-36-30(24)35-13-5-3-4-6-16-41(27)31(21)37-25/h7,10-12,14,17-19,23H,3-6,8-9,13,15-16,20,34H2,1-2H3,(H,35,36)/t23-/m1/s1. The van der Waals surface area contributed by atoms with Crippen molar-refractivity contribution in [1.82, 2.24) is 29.0 Å². The quantitative estimate of drug-likeness (QED) is 0.302. The number of nitrogens with one attached hydrogen (secondary N) is 1. The maximum Gasteiger partial charge on any atom is 0.254 e. The number of aryl methyl sites for hydroxylation is 2. The number of fused-ring (bicyclic) bond motifs is 4. The predicted octanol–water partition coefficient (Wildman–Crippen LogP) is 5.21. The van der Waals surface area contributed by atoms with Gasteiger partial charge in [-0.1, -0.05) is 12.8 Å². The smallest absolute Gasteiger partial charge is 0.254 e. The zero-order valence-corrected chi connectivity index (χ0v) is 24.8. The Labute approximate surface area is 250 Å². The van der Waals surface area contributed by atoms with Crippen LogP contribution in [-0.4, -0.2) is 67.7 Å². The minimum atomic E-state index is -0.0324. The first kappa shape index (κ1) is 27.4. The molecule has 1 amide bonds. The number of likely N-dealkylation sites (tertiary alicyclic amines) is 1. The normalized spacial score (nSPS) is 17.7. The van der Waals surface area contributed by atoms with Gasteiger partial charge in [0.1, 0.15) is 22.7 Å². The van der Waals surface area contributed by atoms with E-state index in [9.17, 15) is 4.79 Å². The van der Waals surface area contributed by atoms with Gasteiger partial charge in [-0.3, -0.25) is 4.79 Å². The fraction of sp³-hybridized carbons (Fsp3) is 0.394. The molecule has 0 radical (unpaired) electrons. The molecule has 6 heterocycles. The van der Waals surface area contributed by atoms with E-state index in [1.165, 1.54) is 0 Å². The summed E-state index contributed by atoms with van der Waals surface area (Å²) in [6, 6.07) is 14.2. The molecule has 43 heavy (non-hydrogen) atoms. The number of carbonyl (C=O) groups excluding carboxylic acids is 1. The van der Waals surface area contributed by atoms with Gasteiger partial charge in [0, 0.05) is 62.0 Å². The predicted molar refractivity (Wildman–Crippen MR) is 169 cm³/mol. The molecule has 222 valence electrons. The fourth-order valence-electron chi connectivity index (χ4n) is 6.59. The van der Waals surface area contributed by atoms with Gasteiger partial charge in [0.15, 0.2) is 5.82 Å². The third kappa shape index (κ3) is 4.99. The molecule has 2 aliphatic rings. The Morgan fingerprint density at radius 2 is 1.93 bits per heavy atom. The van der Waals surface area contributed by atoms with Crippen LogP contribution in [0, 0.1) is 0 Å². The molecule has 10 nitrogen and oxygen atoms in total. The van der Waals surface area contributed by atoms with Crippen LogP contribution in [0.3, 0.4) is 0 Å².